The van der Waals surface area contributed by atoms with Crippen LogP contribution in [0.2, 0.25) is 0 Å². The highest BCUT2D eigenvalue weighted by molar-refractivity contribution is 7.16. The molecule has 0 saturated carbocycles. The molecule has 102 valence electrons. The number of rotatable bonds is 6. The van der Waals surface area contributed by atoms with Gasteiger partial charge in [-0.2, -0.15) is 0 Å². The summed E-state index contributed by atoms with van der Waals surface area (Å²) < 4.78 is 5.87. The first-order valence-electron chi connectivity index (χ1n) is 6.10. The Hall–Kier alpha value is -1.66. The molecule has 0 amide bonds. The fourth-order valence-corrected chi connectivity index (χ4v) is 2.40. The Morgan fingerprint density at radius 1 is 1.58 bits per heavy atom. The van der Waals surface area contributed by atoms with Gasteiger partial charge in [0.25, 0.3) is 0 Å². The number of fused-ring (bicyclic) bond motifs is 1. The van der Waals surface area contributed by atoms with Crippen LogP contribution in [-0.4, -0.2) is 35.3 Å². The van der Waals surface area contributed by atoms with E-state index in [2.05, 4.69) is 10.3 Å². The molecule has 2 rings (SSSR count). The number of anilines is 1. The summed E-state index contributed by atoms with van der Waals surface area (Å²) in [4.78, 5) is 15.4. The van der Waals surface area contributed by atoms with Gasteiger partial charge in [0, 0.05) is 12.2 Å². The van der Waals surface area contributed by atoms with Crippen molar-refractivity contribution in [3.8, 4) is 0 Å². The molecule has 0 spiro atoms. The van der Waals surface area contributed by atoms with Crippen LogP contribution < -0.4 is 5.32 Å². The largest absolute Gasteiger partial charge is 0.466 e. The van der Waals surface area contributed by atoms with E-state index in [9.17, 15) is 9.90 Å². The zero-order valence-corrected chi connectivity index (χ0v) is 11.4. The van der Waals surface area contributed by atoms with E-state index in [4.69, 9.17) is 4.74 Å². The number of nitrogens with one attached hydrogen (secondary N) is 1. The lowest BCUT2D eigenvalue weighted by atomic mass is 10.2. The summed E-state index contributed by atoms with van der Waals surface area (Å²) in [7, 11) is 0. The first-order chi connectivity index (χ1) is 9.19. The van der Waals surface area contributed by atoms with Crippen molar-refractivity contribution < 1.29 is 14.6 Å². The predicted molar refractivity (Wildman–Crippen MR) is 75.4 cm³/mol. The Kier molecular flexibility index (Phi) is 4.70. The Morgan fingerprint density at radius 2 is 2.42 bits per heavy atom. The SMILES string of the molecule is CCOC(=O)CC(O)CNc1ccc2ncsc2c1. The van der Waals surface area contributed by atoms with Crippen LogP contribution in [0.5, 0.6) is 0 Å². The lowest BCUT2D eigenvalue weighted by Crippen LogP contribution is -2.23. The summed E-state index contributed by atoms with van der Waals surface area (Å²) in [6.07, 6.45) is -0.750. The van der Waals surface area contributed by atoms with Crippen LogP contribution in [0.15, 0.2) is 23.7 Å². The second-order valence-corrected chi connectivity index (χ2v) is 4.97. The maximum atomic E-state index is 11.2. The fraction of sp³-hybridized carbons (Fsp3) is 0.385. The highest BCUT2D eigenvalue weighted by atomic mass is 32.1. The third-order valence-corrected chi connectivity index (χ3v) is 3.37. The topological polar surface area (TPSA) is 71.5 Å². The molecule has 0 aliphatic rings. The monoisotopic (exact) mass is 280 g/mol. The number of aromatic nitrogens is 1. The van der Waals surface area contributed by atoms with Crippen molar-refractivity contribution in [3.63, 3.8) is 0 Å². The molecule has 2 N–H and O–H groups in total. The van der Waals surface area contributed by atoms with Gasteiger partial charge in [-0.3, -0.25) is 4.79 Å². The number of nitrogens with zero attached hydrogens (tertiary/aromatic N) is 1. The molecule has 1 atom stereocenters. The van der Waals surface area contributed by atoms with Gasteiger partial charge in [-0.1, -0.05) is 0 Å². The van der Waals surface area contributed by atoms with Crippen LogP contribution >= 0.6 is 11.3 Å². The van der Waals surface area contributed by atoms with Crippen molar-refractivity contribution in [1.29, 1.82) is 0 Å². The molecule has 19 heavy (non-hydrogen) atoms. The first-order valence-corrected chi connectivity index (χ1v) is 6.98. The van der Waals surface area contributed by atoms with E-state index in [-0.39, 0.29) is 12.4 Å². The van der Waals surface area contributed by atoms with Crippen LogP contribution in [-0.2, 0) is 9.53 Å². The molecule has 0 bridgehead atoms. The Labute approximate surface area is 115 Å². The Balaban J connectivity index is 1.85. The smallest absolute Gasteiger partial charge is 0.308 e. The van der Waals surface area contributed by atoms with E-state index in [1.807, 2.05) is 18.2 Å². The van der Waals surface area contributed by atoms with Crippen LogP contribution in [0.3, 0.4) is 0 Å². The van der Waals surface area contributed by atoms with E-state index in [1.165, 1.54) is 0 Å². The van der Waals surface area contributed by atoms with Crippen molar-refractivity contribution in [2.45, 2.75) is 19.4 Å². The van der Waals surface area contributed by atoms with Crippen molar-refractivity contribution in [3.05, 3.63) is 23.7 Å². The maximum Gasteiger partial charge on any atom is 0.308 e. The minimum atomic E-state index is -0.754. The van der Waals surface area contributed by atoms with E-state index in [1.54, 1.807) is 23.8 Å². The molecule has 0 radical (unpaired) electrons. The lowest BCUT2D eigenvalue weighted by molar-refractivity contribution is -0.145. The molecule has 0 aliphatic carbocycles. The number of aliphatic hydroxyl groups is 1. The van der Waals surface area contributed by atoms with E-state index < -0.39 is 6.10 Å². The summed E-state index contributed by atoms with van der Waals surface area (Å²) >= 11 is 1.57. The van der Waals surface area contributed by atoms with Crippen LogP contribution in [0, 0.1) is 0 Å². The lowest BCUT2D eigenvalue weighted by Gasteiger charge is -2.12. The molecule has 0 saturated heterocycles. The number of ether oxygens (including phenoxy) is 1. The van der Waals surface area contributed by atoms with E-state index in [0.717, 1.165) is 15.9 Å². The van der Waals surface area contributed by atoms with Gasteiger partial charge in [0.05, 0.1) is 34.9 Å². The van der Waals surface area contributed by atoms with Crippen LogP contribution in [0.4, 0.5) is 5.69 Å². The zero-order chi connectivity index (χ0) is 13.7. The standard InChI is InChI=1S/C13H16N2O3S/c1-2-18-13(17)6-10(16)7-14-9-3-4-11-12(5-9)19-8-15-11/h3-5,8,10,14,16H,2,6-7H2,1H3. The molecule has 1 heterocycles. The molecular weight excluding hydrogens is 264 g/mol. The second-order valence-electron chi connectivity index (χ2n) is 4.08. The number of thiazole rings is 1. The van der Waals surface area contributed by atoms with Gasteiger partial charge >= 0.3 is 5.97 Å². The summed E-state index contributed by atoms with van der Waals surface area (Å²) in [5.74, 6) is -0.380. The van der Waals surface area contributed by atoms with Gasteiger partial charge in [0.15, 0.2) is 0 Å². The van der Waals surface area contributed by atoms with Crippen molar-refractivity contribution in [2.75, 3.05) is 18.5 Å². The van der Waals surface area contributed by atoms with E-state index in [0.29, 0.717) is 13.2 Å². The van der Waals surface area contributed by atoms with Gasteiger partial charge in [0.2, 0.25) is 0 Å². The molecule has 1 aromatic carbocycles. The number of aliphatic hydroxyl groups excluding tert-OH is 1. The Morgan fingerprint density at radius 3 is 3.21 bits per heavy atom. The molecule has 1 aromatic heterocycles. The third-order valence-electron chi connectivity index (χ3n) is 2.58. The first kappa shape index (κ1) is 13.8. The predicted octanol–water partition coefficient (Wildman–Crippen LogP) is 2.02. The highest BCUT2D eigenvalue weighted by Crippen LogP contribution is 2.21. The quantitative estimate of drug-likeness (QED) is 0.792. The number of carbonyl (C=O) groups excluding carboxylic acids is 1. The van der Waals surface area contributed by atoms with Gasteiger partial charge in [0.1, 0.15) is 0 Å². The van der Waals surface area contributed by atoms with Gasteiger partial charge in [-0.05, 0) is 25.1 Å². The zero-order valence-electron chi connectivity index (χ0n) is 10.6. The minimum absolute atomic E-state index is 0.00361. The molecule has 1 unspecified atom stereocenters. The molecule has 6 heteroatoms. The van der Waals surface area contributed by atoms with E-state index >= 15 is 0 Å². The normalized spacial score (nSPS) is 12.3. The molecule has 2 aromatic rings. The van der Waals surface area contributed by atoms with Crippen molar-refractivity contribution in [1.82, 2.24) is 4.98 Å². The number of hydrogen-bond acceptors (Lipinski definition) is 6. The number of carbonyl (C=O) groups is 1. The van der Waals surface area contributed by atoms with Crippen LogP contribution in [0.1, 0.15) is 13.3 Å². The molecule has 0 fully saturated rings. The summed E-state index contributed by atoms with van der Waals surface area (Å²) in [5.41, 5.74) is 3.66. The molecular formula is C13H16N2O3S. The third kappa shape index (κ3) is 3.90. The molecule has 5 nitrogen and oxygen atoms in total. The van der Waals surface area contributed by atoms with Crippen LogP contribution in [0.25, 0.3) is 10.2 Å². The number of hydrogen-bond donors (Lipinski definition) is 2. The summed E-state index contributed by atoms with van der Waals surface area (Å²) in [6.45, 7) is 2.39. The summed E-state index contributed by atoms with van der Waals surface area (Å²) in [5, 5.41) is 12.8. The van der Waals surface area contributed by atoms with Crippen molar-refractivity contribution in [2.24, 2.45) is 0 Å². The fourth-order valence-electron chi connectivity index (χ4n) is 1.69. The Bertz CT molecular complexity index is 556. The number of esters is 1. The summed E-state index contributed by atoms with van der Waals surface area (Å²) in [6, 6.07) is 5.80. The number of benzene rings is 1. The minimum Gasteiger partial charge on any atom is -0.466 e. The maximum absolute atomic E-state index is 11.2. The van der Waals surface area contributed by atoms with Gasteiger partial charge in [-0.15, -0.1) is 11.3 Å². The highest BCUT2D eigenvalue weighted by Gasteiger charge is 2.11. The average Bonchev–Trinajstić information content (AvgIpc) is 2.83. The second kappa shape index (κ2) is 6.49. The van der Waals surface area contributed by atoms with Crippen molar-refractivity contribution >= 4 is 33.2 Å². The average molecular weight is 280 g/mol. The van der Waals surface area contributed by atoms with Gasteiger partial charge in [-0.25, -0.2) is 4.98 Å². The van der Waals surface area contributed by atoms with Gasteiger partial charge < -0.3 is 15.2 Å². The molecule has 0 aliphatic heterocycles.